The number of hydrogen-bond donors (Lipinski definition) is 1. The van der Waals surface area contributed by atoms with E-state index in [9.17, 15) is 5.21 Å². The molecule has 0 aliphatic heterocycles. The van der Waals surface area contributed by atoms with Gasteiger partial charge in [-0.3, -0.25) is 0 Å². The van der Waals surface area contributed by atoms with E-state index in [0.29, 0.717) is 0 Å². The molecule has 0 radical (unpaired) electrons. The Bertz CT molecular complexity index is 143. The van der Waals surface area contributed by atoms with E-state index in [1.807, 2.05) is 0 Å². The molecule has 0 aliphatic rings. The number of rotatable bonds is 0. The monoisotopic (exact) mass is 101 g/mol. The van der Waals surface area contributed by atoms with E-state index in [2.05, 4.69) is 9.79 Å². The van der Waals surface area contributed by atoms with E-state index < -0.39 is 0 Å². The predicted molar refractivity (Wildman–Crippen MR) is 19.9 cm³/mol. The van der Waals surface area contributed by atoms with Crippen LogP contribution in [0.1, 0.15) is 0 Å². The van der Waals surface area contributed by atoms with Crippen molar-refractivity contribution in [3.05, 3.63) is 11.4 Å². The first-order valence-corrected chi connectivity index (χ1v) is 1.61. The zero-order valence-corrected chi connectivity index (χ0v) is 3.37. The SMILES string of the molecule is Nc1cno[n+]1[O-]. The second-order valence-corrected chi connectivity index (χ2v) is 0.998. The van der Waals surface area contributed by atoms with E-state index >= 15 is 0 Å². The summed E-state index contributed by atoms with van der Waals surface area (Å²) in [6.45, 7) is 0. The lowest BCUT2D eigenvalue weighted by Crippen LogP contribution is -2.26. The first-order chi connectivity index (χ1) is 3.30. The molecule has 1 rings (SSSR count). The molecule has 0 aliphatic carbocycles. The van der Waals surface area contributed by atoms with Gasteiger partial charge in [-0.2, -0.15) is 0 Å². The number of nitrogen functional groups attached to an aromatic ring is 1. The smallest absolute Gasteiger partial charge is 0.292 e. The van der Waals surface area contributed by atoms with E-state index in [4.69, 9.17) is 5.73 Å². The molecular formula is C2H3N3O2. The second kappa shape index (κ2) is 1.11. The summed E-state index contributed by atoms with van der Waals surface area (Å²) in [7, 11) is 0. The Kier molecular flexibility index (Phi) is 0.619. The highest BCUT2D eigenvalue weighted by atomic mass is 16.8. The zero-order valence-electron chi connectivity index (χ0n) is 3.37. The van der Waals surface area contributed by atoms with Gasteiger partial charge in [-0.05, 0) is 5.16 Å². The number of anilines is 1. The first kappa shape index (κ1) is 3.91. The van der Waals surface area contributed by atoms with Gasteiger partial charge in [-0.15, -0.1) is 0 Å². The minimum Gasteiger partial charge on any atom is -0.391 e. The molecular weight excluding hydrogens is 98.0 g/mol. The standard InChI is InChI=1S/C2H3N3O2/c3-2-1-4-7-5(2)6/h1H,3H2. The van der Waals surface area contributed by atoms with Crippen molar-refractivity contribution >= 4 is 5.82 Å². The molecule has 0 spiro atoms. The lowest BCUT2D eigenvalue weighted by molar-refractivity contribution is -0.790. The molecule has 0 atom stereocenters. The van der Waals surface area contributed by atoms with Crippen LogP contribution in [0.3, 0.4) is 0 Å². The van der Waals surface area contributed by atoms with Crippen LogP contribution in [0.5, 0.6) is 0 Å². The maximum atomic E-state index is 9.98. The van der Waals surface area contributed by atoms with Crippen molar-refractivity contribution in [3.8, 4) is 0 Å². The van der Waals surface area contributed by atoms with Gasteiger partial charge in [-0.1, -0.05) is 4.90 Å². The third kappa shape index (κ3) is 0.466. The molecule has 0 saturated carbocycles. The number of aromatic nitrogens is 2. The fourth-order valence-electron chi connectivity index (χ4n) is 0.215. The molecule has 5 heteroatoms. The van der Waals surface area contributed by atoms with Gasteiger partial charge in [-0.25, -0.2) is 0 Å². The molecule has 1 heterocycles. The molecule has 0 amide bonds. The van der Waals surface area contributed by atoms with E-state index in [-0.39, 0.29) is 10.7 Å². The van der Waals surface area contributed by atoms with Gasteiger partial charge >= 0.3 is 0 Å². The highest BCUT2D eigenvalue weighted by Gasteiger charge is 1.93. The molecule has 0 saturated heterocycles. The summed E-state index contributed by atoms with van der Waals surface area (Å²) in [6, 6.07) is 0. The van der Waals surface area contributed by atoms with E-state index in [1.54, 1.807) is 0 Å². The average Bonchev–Trinajstić information content (AvgIpc) is 1.91. The highest BCUT2D eigenvalue weighted by molar-refractivity contribution is 5.11. The number of nitrogens with two attached hydrogens (primary N) is 1. The van der Waals surface area contributed by atoms with E-state index in [0.717, 1.165) is 6.20 Å². The molecule has 1 aromatic heterocycles. The normalized spacial score (nSPS) is 9.14. The van der Waals surface area contributed by atoms with Crippen LogP contribution in [-0.4, -0.2) is 5.16 Å². The largest absolute Gasteiger partial charge is 0.391 e. The van der Waals surface area contributed by atoms with Gasteiger partial charge in [0.05, 0.1) is 0 Å². The van der Waals surface area contributed by atoms with Crippen molar-refractivity contribution < 1.29 is 9.53 Å². The number of hydrogen-bond acceptors (Lipinski definition) is 4. The fraction of sp³-hybridized carbons (Fsp3) is 0. The van der Waals surface area contributed by atoms with Crippen molar-refractivity contribution in [1.29, 1.82) is 0 Å². The molecule has 0 aromatic carbocycles. The van der Waals surface area contributed by atoms with Crippen molar-refractivity contribution in [2.45, 2.75) is 0 Å². The highest BCUT2D eigenvalue weighted by Crippen LogP contribution is 1.82. The molecule has 0 unspecified atom stereocenters. The maximum Gasteiger partial charge on any atom is 0.292 e. The molecule has 0 fully saturated rings. The molecule has 5 nitrogen and oxygen atoms in total. The van der Waals surface area contributed by atoms with Gasteiger partial charge in [0.25, 0.3) is 5.82 Å². The Labute approximate surface area is 38.9 Å². The van der Waals surface area contributed by atoms with E-state index in [1.165, 1.54) is 0 Å². The van der Waals surface area contributed by atoms with Crippen LogP contribution in [0.4, 0.5) is 5.82 Å². The first-order valence-electron chi connectivity index (χ1n) is 1.61. The summed E-state index contributed by atoms with van der Waals surface area (Å²) >= 11 is 0. The summed E-state index contributed by atoms with van der Waals surface area (Å²) in [6.07, 6.45) is 1.13. The Balaban J connectivity index is 3.12. The summed E-state index contributed by atoms with van der Waals surface area (Å²) < 4.78 is 3.95. The van der Waals surface area contributed by atoms with Crippen LogP contribution < -0.4 is 10.6 Å². The summed E-state index contributed by atoms with van der Waals surface area (Å²) in [5, 5.41) is 13.1. The molecule has 0 bridgehead atoms. The molecule has 38 valence electrons. The second-order valence-electron chi connectivity index (χ2n) is 0.998. The Hall–Kier alpha value is -1.26. The van der Waals surface area contributed by atoms with Crippen LogP contribution >= 0.6 is 0 Å². The fourth-order valence-corrected chi connectivity index (χ4v) is 0.215. The summed E-state index contributed by atoms with van der Waals surface area (Å²) in [4.78, 5) is 0.125. The summed E-state index contributed by atoms with van der Waals surface area (Å²) in [5.74, 6) is -0.0278. The minimum absolute atomic E-state index is 0.0278. The van der Waals surface area contributed by atoms with Crippen LogP contribution in [0.15, 0.2) is 10.8 Å². The molecule has 2 N–H and O–H groups in total. The zero-order chi connectivity index (χ0) is 5.28. The lowest BCUT2D eigenvalue weighted by atomic mass is 10.8. The van der Waals surface area contributed by atoms with Gasteiger partial charge in [0.2, 0.25) is 0 Å². The molecule has 7 heavy (non-hydrogen) atoms. The molecule has 1 aromatic rings. The third-order valence-corrected chi connectivity index (χ3v) is 0.517. The lowest BCUT2D eigenvalue weighted by Gasteiger charge is -1.83. The van der Waals surface area contributed by atoms with Crippen LogP contribution in [-0.2, 0) is 0 Å². The average molecular weight is 101 g/mol. The Morgan fingerprint density at radius 2 is 2.71 bits per heavy atom. The maximum absolute atomic E-state index is 9.98. The topological polar surface area (TPSA) is 79.0 Å². The predicted octanol–water partition coefficient (Wildman–Crippen LogP) is -1.11. The van der Waals surface area contributed by atoms with Crippen molar-refractivity contribution in [3.63, 3.8) is 0 Å². The van der Waals surface area contributed by atoms with Gasteiger partial charge < -0.3 is 15.6 Å². The van der Waals surface area contributed by atoms with Crippen LogP contribution in [0.2, 0.25) is 0 Å². The summed E-state index contributed by atoms with van der Waals surface area (Å²) in [5.41, 5.74) is 4.93. The quantitative estimate of drug-likeness (QED) is 0.420. The minimum atomic E-state index is -0.0278. The number of nitrogens with zero attached hydrogens (tertiary/aromatic N) is 2. The third-order valence-electron chi connectivity index (χ3n) is 0.517. The van der Waals surface area contributed by atoms with Crippen LogP contribution in [0.25, 0.3) is 0 Å². The Morgan fingerprint density at radius 1 is 2.00 bits per heavy atom. The van der Waals surface area contributed by atoms with Crippen molar-refractivity contribution in [1.82, 2.24) is 5.16 Å². The van der Waals surface area contributed by atoms with Gasteiger partial charge in [0, 0.05) is 0 Å². The van der Waals surface area contributed by atoms with Gasteiger partial charge in [0.1, 0.15) is 0 Å². The Morgan fingerprint density at radius 3 is 2.86 bits per heavy atom. The van der Waals surface area contributed by atoms with Crippen LogP contribution in [0, 0.1) is 5.21 Å². The van der Waals surface area contributed by atoms with Gasteiger partial charge in [0.15, 0.2) is 6.20 Å². The van der Waals surface area contributed by atoms with Crippen molar-refractivity contribution in [2.75, 3.05) is 5.73 Å². The van der Waals surface area contributed by atoms with Crippen molar-refractivity contribution in [2.24, 2.45) is 0 Å².